The molecular weight excluding hydrogens is 324 g/mol. The van der Waals surface area contributed by atoms with Gasteiger partial charge in [0.2, 0.25) is 5.78 Å². The lowest BCUT2D eigenvalue weighted by Crippen LogP contribution is -2.10. The number of rotatable bonds is 3. The molecule has 0 saturated heterocycles. The first-order valence-corrected chi connectivity index (χ1v) is 7.11. The van der Waals surface area contributed by atoms with Crippen molar-refractivity contribution in [3.05, 3.63) is 37.2 Å². The van der Waals surface area contributed by atoms with Crippen molar-refractivity contribution >= 4 is 44.7 Å². The van der Waals surface area contributed by atoms with Gasteiger partial charge in [-0.05, 0) is 40.7 Å². The smallest absolute Gasteiger partial charge is 0.223 e. The molecule has 0 bridgehead atoms. The third-order valence-corrected chi connectivity index (χ3v) is 4.69. The summed E-state index contributed by atoms with van der Waals surface area (Å²) in [6.45, 7) is 4.48. The number of carbonyl (C=O) groups excluding carboxylic acids is 1. The van der Waals surface area contributed by atoms with Crippen molar-refractivity contribution < 1.29 is 4.79 Å². The molecule has 0 atom stereocenters. The van der Waals surface area contributed by atoms with Crippen LogP contribution in [0.4, 0.5) is 0 Å². The second kappa shape index (κ2) is 4.92. The Hall–Kier alpha value is -0.650. The zero-order valence-corrected chi connectivity index (χ0v) is 12.5. The summed E-state index contributed by atoms with van der Waals surface area (Å²) in [5.74, 6) is -0.0840. The van der Waals surface area contributed by atoms with Gasteiger partial charge in [0.25, 0.3) is 0 Å². The molecule has 2 heterocycles. The molecule has 0 aliphatic heterocycles. The fraction of sp³-hybridized carbons (Fsp3) is 0.273. The summed E-state index contributed by atoms with van der Waals surface area (Å²) in [4.78, 5) is 12.9. The first kappa shape index (κ1) is 12.8. The van der Waals surface area contributed by atoms with E-state index in [1.165, 1.54) is 11.3 Å². The van der Waals surface area contributed by atoms with Crippen LogP contribution >= 0.6 is 38.9 Å². The van der Waals surface area contributed by atoms with Gasteiger partial charge in [-0.15, -0.1) is 11.3 Å². The maximum Gasteiger partial charge on any atom is 0.223 e. The first-order valence-electron chi connectivity index (χ1n) is 5.05. The average Bonchev–Trinajstić information content (AvgIpc) is 2.83. The van der Waals surface area contributed by atoms with Gasteiger partial charge >= 0.3 is 0 Å². The molecule has 0 aliphatic rings. The Labute approximate surface area is 117 Å². The van der Waals surface area contributed by atoms with Gasteiger partial charge < -0.3 is 0 Å². The molecule has 0 aromatic carbocycles. The highest BCUT2D eigenvalue weighted by Crippen LogP contribution is 2.31. The highest BCUT2D eigenvalue weighted by Gasteiger charge is 2.22. The largest absolute Gasteiger partial charge is 0.286 e. The number of hydrogen-bond acceptors (Lipinski definition) is 3. The Morgan fingerprint density at radius 2 is 2.35 bits per heavy atom. The van der Waals surface area contributed by atoms with E-state index in [-0.39, 0.29) is 5.78 Å². The molecule has 0 radical (unpaired) electrons. The third-order valence-electron chi connectivity index (χ3n) is 2.41. The van der Waals surface area contributed by atoms with E-state index in [1.807, 2.05) is 19.2 Å². The maximum atomic E-state index is 12.4. The fourth-order valence-electron chi connectivity index (χ4n) is 1.52. The van der Waals surface area contributed by atoms with Crippen molar-refractivity contribution in [1.82, 2.24) is 9.78 Å². The molecule has 0 saturated carbocycles. The van der Waals surface area contributed by atoms with E-state index in [1.54, 1.807) is 10.9 Å². The molecule has 0 amide bonds. The van der Waals surface area contributed by atoms with Gasteiger partial charge in [0.05, 0.1) is 20.6 Å². The van der Waals surface area contributed by atoms with Crippen LogP contribution in [0.15, 0.2) is 16.0 Å². The van der Waals surface area contributed by atoms with Crippen LogP contribution < -0.4 is 0 Å². The Morgan fingerprint density at radius 3 is 2.88 bits per heavy atom. The van der Waals surface area contributed by atoms with Gasteiger partial charge in [-0.1, -0.05) is 11.6 Å². The Bertz CT molecular complexity index is 576. The second-order valence-electron chi connectivity index (χ2n) is 3.55. The molecule has 90 valence electrons. The number of halogens is 2. The molecule has 0 fully saturated rings. The van der Waals surface area contributed by atoms with E-state index in [9.17, 15) is 4.79 Å². The van der Waals surface area contributed by atoms with Crippen LogP contribution in [0.5, 0.6) is 0 Å². The van der Waals surface area contributed by atoms with Gasteiger partial charge in [0, 0.05) is 6.54 Å². The van der Waals surface area contributed by atoms with Crippen LogP contribution in [0, 0.1) is 6.92 Å². The number of thiophene rings is 1. The van der Waals surface area contributed by atoms with Crippen molar-refractivity contribution in [1.29, 1.82) is 0 Å². The third kappa shape index (κ3) is 2.19. The van der Waals surface area contributed by atoms with Gasteiger partial charge in [-0.25, -0.2) is 0 Å². The molecule has 0 N–H and O–H groups in total. The summed E-state index contributed by atoms with van der Waals surface area (Å²) in [6.07, 6.45) is 1.63. The SMILES string of the molecule is CCn1ncc(Br)c1C(=O)c1scc(C)c1Cl. The molecule has 0 spiro atoms. The molecule has 17 heavy (non-hydrogen) atoms. The molecule has 0 unspecified atom stereocenters. The quantitative estimate of drug-likeness (QED) is 0.798. The minimum Gasteiger partial charge on any atom is -0.286 e. The lowest BCUT2D eigenvalue weighted by Gasteiger charge is -2.03. The highest BCUT2D eigenvalue weighted by atomic mass is 79.9. The van der Waals surface area contributed by atoms with Crippen molar-refractivity contribution in [2.75, 3.05) is 0 Å². The van der Waals surface area contributed by atoms with E-state index in [0.717, 1.165) is 5.56 Å². The summed E-state index contributed by atoms with van der Waals surface area (Å²) in [7, 11) is 0. The molecule has 0 aliphatic carbocycles. The van der Waals surface area contributed by atoms with Crippen molar-refractivity contribution in [2.45, 2.75) is 20.4 Å². The summed E-state index contributed by atoms with van der Waals surface area (Å²) in [5.41, 5.74) is 1.48. The van der Waals surface area contributed by atoms with E-state index in [2.05, 4.69) is 21.0 Å². The van der Waals surface area contributed by atoms with Crippen LogP contribution in [-0.4, -0.2) is 15.6 Å². The molecular formula is C11H10BrClN2OS. The van der Waals surface area contributed by atoms with Gasteiger partial charge in [0.1, 0.15) is 5.69 Å². The normalized spacial score (nSPS) is 10.8. The van der Waals surface area contributed by atoms with Gasteiger partial charge in [-0.3, -0.25) is 9.48 Å². The first-order chi connectivity index (χ1) is 8.06. The molecule has 2 aromatic rings. The van der Waals surface area contributed by atoms with Crippen LogP contribution in [0.2, 0.25) is 5.02 Å². The summed E-state index contributed by atoms with van der Waals surface area (Å²) in [5, 5.41) is 6.55. The molecule has 2 aromatic heterocycles. The van der Waals surface area contributed by atoms with Crippen LogP contribution in [0.25, 0.3) is 0 Å². The monoisotopic (exact) mass is 332 g/mol. The minimum absolute atomic E-state index is 0.0840. The molecule has 2 rings (SSSR count). The topological polar surface area (TPSA) is 34.9 Å². The van der Waals surface area contributed by atoms with Crippen molar-refractivity contribution in [2.24, 2.45) is 0 Å². The highest BCUT2D eigenvalue weighted by molar-refractivity contribution is 9.10. The zero-order valence-electron chi connectivity index (χ0n) is 9.33. The predicted molar refractivity (Wildman–Crippen MR) is 73.1 cm³/mol. The Balaban J connectivity index is 2.51. The van der Waals surface area contributed by atoms with E-state index >= 15 is 0 Å². The minimum atomic E-state index is -0.0840. The fourth-order valence-corrected chi connectivity index (χ4v) is 3.21. The standard InChI is InChI=1S/C11H10BrClN2OS/c1-3-15-9(7(12)4-14-15)10(16)11-8(13)6(2)5-17-11/h4-5H,3H2,1-2H3. The maximum absolute atomic E-state index is 12.4. The lowest BCUT2D eigenvalue weighted by molar-refractivity contribution is 0.103. The van der Waals surface area contributed by atoms with Crippen LogP contribution in [0.1, 0.15) is 27.9 Å². The number of hydrogen-bond donors (Lipinski definition) is 0. The van der Waals surface area contributed by atoms with Gasteiger partial charge in [-0.2, -0.15) is 5.10 Å². The Kier molecular flexibility index (Phi) is 3.70. The second-order valence-corrected chi connectivity index (χ2v) is 5.66. The average molecular weight is 334 g/mol. The van der Waals surface area contributed by atoms with Crippen LogP contribution in [-0.2, 0) is 6.54 Å². The summed E-state index contributed by atoms with van der Waals surface area (Å²) < 4.78 is 2.36. The lowest BCUT2D eigenvalue weighted by atomic mass is 10.2. The summed E-state index contributed by atoms with van der Waals surface area (Å²) in [6, 6.07) is 0. The van der Waals surface area contributed by atoms with E-state index < -0.39 is 0 Å². The van der Waals surface area contributed by atoms with E-state index in [4.69, 9.17) is 11.6 Å². The van der Waals surface area contributed by atoms with E-state index in [0.29, 0.717) is 26.6 Å². The van der Waals surface area contributed by atoms with Crippen molar-refractivity contribution in [3.8, 4) is 0 Å². The number of nitrogens with zero attached hydrogens (tertiary/aromatic N) is 2. The number of ketones is 1. The Morgan fingerprint density at radius 1 is 1.65 bits per heavy atom. The number of aromatic nitrogens is 2. The zero-order chi connectivity index (χ0) is 12.6. The number of carbonyl (C=O) groups is 1. The van der Waals surface area contributed by atoms with Crippen LogP contribution in [0.3, 0.4) is 0 Å². The predicted octanol–water partition coefficient (Wildman–Crippen LogP) is 3.92. The van der Waals surface area contributed by atoms with Crippen molar-refractivity contribution in [3.63, 3.8) is 0 Å². The molecule has 6 heteroatoms. The molecule has 3 nitrogen and oxygen atoms in total. The van der Waals surface area contributed by atoms with Gasteiger partial charge in [0.15, 0.2) is 0 Å². The number of aryl methyl sites for hydroxylation is 2. The summed E-state index contributed by atoms with van der Waals surface area (Å²) >= 11 is 10.8.